The highest BCUT2D eigenvalue weighted by atomic mass is 35.5. The number of amides is 1. The molecule has 1 N–H and O–H groups in total. The molecule has 22 heavy (non-hydrogen) atoms. The van der Waals surface area contributed by atoms with Gasteiger partial charge in [0.15, 0.2) is 5.82 Å². The van der Waals surface area contributed by atoms with Gasteiger partial charge in [-0.15, -0.1) is 0 Å². The number of aromatic nitrogens is 4. The lowest BCUT2D eigenvalue weighted by Crippen LogP contribution is -2.14. The summed E-state index contributed by atoms with van der Waals surface area (Å²) in [5.41, 5.74) is 0.206. The summed E-state index contributed by atoms with van der Waals surface area (Å²) in [5, 5.41) is 6.52. The Bertz CT molecular complexity index is 784. The molecule has 6 nitrogen and oxygen atoms in total. The van der Waals surface area contributed by atoms with Gasteiger partial charge in [-0.3, -0.25) is 4.79 Å². The minimum atomic E-state index is -0.683. The lowest BCUT2D eigenvalue weighted by Gasteiger charge is -2.08. The SMILES string of the molecule is O=C(Nc1ccc(-n2cncn2)nc1)c1c(F)cccc1Cl. The van der Waals surface area contributed by atoms with Gasteiger partial charge in [0.25, 0.3) is 5.91 Å². The molecule has 0 saturated heterocycles. The van der Waals surface area contributed by atoms with E-state index in [0.717, 1.165) is 0 Å². The van der Waals surface area contributed by atoms with Crippen molar-refractivity contribution in [1.29, 1.82) is 0 Å². The first-order chi connectivity index (χ1) is 10.6. The maximum absolute atomic E-state index is 13.7. The third-order valence-corrected chi connectivity index (χ3v) is 3.16. The molecular formula is C14H9ClFN5O. The molecule has 1 amide bonds. The Morgan fingerprint density at radius 3 is 2.77 bits per heavy atom. The Balaban J connectivity index is 1.80. The third-order valence-electron chi connectivity index (χ3n) is 2.85. The van der Waals surface area contributed by atoms with Crippen molar-refractivity contribution in [2.24, 2.45) is 0 Å². The molecule has 3 rings (SSSR count). The predicted molar refractivity (Wildman–Crippen MR) is 78.5 cm³/mol. The Kier molecular flexibility index (Phi) is 3.80. The zero-order valence-electron chi connectivity index (χ0n) is 11.1. The van der Waals surface area contributed by atoms with E-state index in [2.05, 4.69) is 20.4 Å². The van der Waals surface area contributed by atoms with Crippen LogP contribution in [-0.4, -0.2) is 25.7 Å². The summed E-state index contributed by atoms with van der Waals surface area (Å²) >= 11 is 5.85. The first-order valence-electron chi connectivity index (χ1n) is 6.21. The lowest BCUT2D eigenvalue weighted by atomic mass is 10.2. The number of benzene rings is 1. The molecule has 110 valence electrons. The van der Waals surface area contributed by atoms with Gasteiger partial charge in [0.1, 0.15) is 18.5 Å². The van der Waals surface area contributed by atoms with Gasteiger partial charge in [-0.05, 0) is 24.3 Å². The predicted octanol–water partition coefficient (Wildman–Crippen LogP) is 2.71. The Morgan fingerprint density at radius 2 is 2.14 bits per heavy atom. The van der Waals surface area contributed by atoms with Crippen LogP contribution in [0.25, 0.3) is 5.82 Å². The quantitative estimate of drug-likeness (QED) is 0.806. The molecule has 0 atom stereocenters. The van der Waals surface area contributed by atoms with Crippen LogP contribution in [-0.2, 0) is 0 Å². The van der Waals surface area contributed by atoms with Gasteiger partial charge in [-0.25, -0.2) is 19.0 Å². The van der Waals surface area contributed by atoms with Crippen LogP contribution < -0.4 is 5.32 Å². The molecule has 0 aliphatic heterocycles. The molecule has 1 aromatic carbocycles. The largest absolute Gasteiger partial charge is 0.320 e. The number of carbonyl (C=O) groups is 1. The van der Waals surface area contributed by atoms with E-state index in [1.54, 1.807) is 12.1 Å². The molecule has 0 fully saturated rings. The maximum Gasteiger partial charge on any atom is 0.260 e. The van der Waals surface area contributed by atoms with Gasteiger partial charge >= 0.3 is 0 Å². The van der Waals surface area contributed by atoms with Crippen molar-refractivity contribution in [2.75, 3.05) is 5.32 Å². The van der Waals surface area contributed by atoms with Crippen molar-refractivity contribution < 1.29 is 9.18 Å². The molecule has 3 aromatic rings. The van der Waals surface area contributed by atoms with E-state index in [-0.39, 0.29) is 10.6 Å². The van der Waals surface area contributed by atoms with Crippen molar-refractivity contribution in [3.63, 3.8) is 0 Å². The highest BCUT2D eigenvalue weighted by Crippen LogP contribution is 2.20. The summed E-state index contributed by atoms with van der Waals surface area (Å²) < 4.78 is 15.1. The average Bonchev–Trinajstić information content (AvgIpc) is 3.02. The second-order valence-electron chi connectivity index (χ2n) is 4.30. The summed E-state index contributed by atoms with van der Waals surface area (Å²) in [6.07, 6.45) is 4.32. The van der Waals surface area contributed by atoms with Gasteiger partial charge in [-0.2, -0.15) is 5.10 Å². The van der Waals surface area contributed by atoms with E-state index in [1.165, 1.54) is 41.7 Å². The minimum absolute atomic E-state index is 0.0460. The molecule has 2 aromatic heterocycles. The second kappa shape index (κ2) is 5.90. The smallest absolute Gasteiger partial charge is 0.260 e. The standard InChI is InChI=1S/C14H9ClFN5O/c15-10-2-1-3-11(16)13(10)14(22)20-9-4-5-12(18-6-9)21-8-17-7-19-21/h1-8H,(H,20,22). The topological polar surface area (TPSA) is 72.7 Å². The molecular weight excluding hydrogens is 309 g/mol. The number of hydrogen-bond acceptors (Lipinski definition) is 4. The molecule has 8 heteroatoms. The molecule has 0 bridgehead atoms. The highest BCUT2D eigenvalue weighted by Gasteiger charge is 2.15. The molecule has 0 spiro atoms. The Morgan fingerprint density at radius 1 is 1.27 bits per heavy atom. The summed E-state index contributed by atoms with van der Waals surface area (Å²) in [6, 6.07) is 7.32. The normalized spacial score (nSPS) is 10.5. The van der Waals surface area contributed by atoms with E-state index in [9.17, 15) is 9.18 Å². The van der Waals surface area contributed by atoms with Crippen LogP contribution in [0.2, 0.25) is 5.02 Å². The molecule has 0 unspecified atom stereocenters. The van der Waals surface area contributed by atoms with Crippen LogP contribution in [0.15, 0.2) is 49.2 Å². The molecule has 0 aliphatic carbocycles. The van der Waals surface area contributed by atoms with Gasteiger partial charge in [0.05, 0.1) is 22.5 Å². The third kappa shape index (κ3) is 2.79. The van der Waals surface area contributed by atoms with Crippen LogP contribution >= 0.6 is 11.6 Å². The zero-order chi connectivity index (χ0) is 15.5. The van der Waals surface area contributed by atoms with Crippen molar-refractivity contribution in [2.45, 2.75) is 0 Å². The van der Waals surface area contributed by atoms with Gasteiger partial charge in [0, 0.05) is 0 Å². The van der Waals surface area contributed by atoms with E-state index in [4.69, 9.17) is 11.6 Å². The summed E-state index contributed by atoms with van der Waals surface area (Å²) in [7, 11) is 0. The zero-order valence-corrected chi connectivity index (χ0v) is 11.8. The van der Waals surface area contributed by atoms with Gasteiger partial charge in [0.2, 0.25) is 0 Å². The Hall–Kier alpha value is -2.80. The maximum atomic E-state index is 13.7. The van der Waals surface area contributed by atoms with Gasteiger partial charge in [-0.1, -0.05) is 17.7 Å². The number of nitrogens with zero attached hydrogens (tertiary/aromatic N) is 4. The first kappa shape index (κ1) is 14.2. The van der Waals surface area contributed by atoms with E-state index < -0.39 is 11.7 Å². The fraction of sp³-hybridized carbons (Fsp3) is 0. The second-order valence-corrected chi connectivity index (χ2v) is 4.70. The number of rotatable bonds is 3. The number of nitrogens with one attached hydrogen (secondary N) is 1. The summed E-state index contributed by atoms with van der Waals surface area (Å²) in [5.74, 6) is -0.782. The highest BCUT2D eigenvalue weighted by molar-refractivity contribution is 6.34. The number of halogens is 2. The van der Waals surface area contributed by atoms with Crippen LogP contribution in [0.1, 0.15) is 10.4 Å². The lowest BCUT2D eigenvalue weighted by molar-refractivity contribution is 0.102. The van der Waals surface area contributed by atoms with Crippen LogP contribution in [0.5, 0.6) is 0 Å². The molecule has 0 aliphatic rings. The van der Waals surface area contributed by atoms with E-state index >= 15 is 0 Å². The first-order valence-corrected chi connectivity index (χ1v) is 6.59. The van der Waals surface area contributed by atoms with Gasteiger partial charge < -0.3 is 5.32 Å². The molecule has 0 radical (unpaired) electrons. The van der Waals surface area contributed by atoms with Crippen LogP contribution in [0.4, 0.5) is 10.1 Å². The van der Waals surface area contributed by atoms with Crippen molar-refractivity contribution in [3.8, 4) is 5.82 Å². The van der Waals surface area contributed by atoms with Crippen molar-refractivity contribution in [3.05, 3.63) is 65.6 Å². The minimum Gasteiger partial charge on any atom is -0.320 e. The monoisotopic (exact) mass is 317 g/mol. The number of carbonyl (C=O) groups excluding carboxylic acids is 1. The molecule has 2 heterocycles. The average molecular weight is 318 g/mol. The van der Waals surface area contributed by atoms with Crippen LogP contribution in [0, 0.1) is 5.82 Å². The van der Waals surface area contributed by atoms with Crippen molar-refractivity contribution >= 4 is 23.2 Å². The number of pyridine rings is 1. The Labute approximate surface area is 129 Å². The van der Waals surface area contributed by atoms with E-state index in [0.29, 0.717) is 11.5 Å². The number of anilines is 1. The fourth-order valence-corrected chi connectivity index (χ4v) is 2.08. The van der Waals surface area contributed by atoms with Crippen molar-refractivity contribution in [1.82, 2.24) is 19.7 Å². The number of hydrogen-bond donors (Lipinski definition) is 1. The van der Waals surface area contributed by atoms with E-state index in [1.807, 2.05) is 0 Å². The summed E-state index contributed by atoms with van der Waals surface area (Å²) in [4.78, 5) is 20.0. The fourth-order valence-electron chi connectivity index (χ4n) is 1.83. The summed E-state index contributed by atoms with van der Waals surface area (Å²) in [6.45, 7) is 0. The molecule has 0 saturated carbocycles. The van der Waals surface area contributed by atoms with Crippen LogP contribution in [0.3, 0.4) is 0 Å².